The Labute approximate surface area is 139 Å². The van der Waals surface area contributed by atoms with Gasteiger partial charge in [-0.1, -0.05) is 23.7 Å². The second-order valence-corrected chi connectivity index (χ2v) is 6.80. The third kappa shape index (κ3) is 3.13. The number of benzene rings is 1. The van der Waals surface area contributed by atoms with Crippen LogP contribution in [0.25, 0.3) is 0 Å². The van der Waals surface area contributed by atoms with Crippen molar-refractivity contribution in [3.63, 3.8) is 0 Å². The van der Waals surface area contributed by atoms with Gasteiger partial charge in [-0.25, -0.2) is 4.79 Å². The number of hydrogen-bond acceptors (Lipinski definition) is 4. The van der Waals surface area contributed by atoms with Gasteiger partial charge in [0.15, 0.2) is 0 Å². The summed E-state index contributed by atoms with van der Waals surface area (Å²) in [7, 11) is 0. The summed E-state index contributed by atoms with van der Waals surface area (Å²) in [5.74, 6) is -0.208. The van der Waals surface area contributed by atoms with Gasteiger partial charge in [-0.05, 0) is 49.4 Å². The number of aryl methyl sites for hydroxylation is 1. The lowest BCUT2D eigenvalue weighted by molar-refractivity contribution is 0.0527. The van der Waals surface area contributed by atoms with E-state index in [4.69, 9.17) is 16.3 Å². The maximum Gasteiger partial charge on any atom is 0.341 e. The monoisotopic (exact) mass is 335 g/mol. The fraction of sp³-hybridized carbons (Fsp3) is 0.353. The summed E-state index contributed by atoms with van der Waals surface area (Å²) in [5.41, 5.74) is 3.06. The Morgan fingerprint density at radius 2 is 2.09 bits per heavy atom. The molecule has 5 heteroatoms. The zero-order chi connectivity index (χ0) is 15.5. The fourth-order valence-electron chi connectivity index (χ4n) is 2.73. The van der Waals surface area contributed by atoms with E-state index in [0.29, 0.717) is 13.2 Å². The van der Waals surface area contributed by atoms with Gasteiger partial charge >= 0.3 is 5.97 Å². The molecule has 0 radical (unpaired) electrons. The molecule has 1 heterocycles. The Kier molecular flexibility index (Phi) is 4.69. The van der Waals surface area contributed by atoms with Gasteiger partial charge in [0.05, 0.1) is 12.2 Å². The molecule has 0 fully saturated rings. The van der Waals surface area contributed by atoms with Crippen molar-refractivity contribution in [1.29, 1.82) is 0 Å². The second kappa shape index (κ2) is 6.71. The highest BCUT2D eigenvalue weighted by Gasteiger charge is 2.27. The van der Waals surface area contributed by atoms with E-state index in [2.05, 4.69) is 5.32 Å². The van der Waals surface area contributed by atoms with Crippen LogP contribution in [-0.4, -0.2) is 12.6 Å². The van der Waals surface area contributed by atoms with E-state index in [9.17, 15) is 4.79 Å². The number of thiophene rings is 1. The Morgan fingerprint density at radius 1 is 1.32 bits per heavy atom. The molecule has 0 unspecified atom stereocenters. The number of anilines is 1. The van der Waals surface area contributed by atoms with Crippen LogP contribution < -0.4 is 5.32 Å². The minimum atomic E-state index is -0.208. The van der Waals surface area contributed by atoms with Gasteiger partial charge in [-0.15, -0.1) is 11.3 Å². The van der Waals surface area contributed by atoms with Gasteiger partial charge in [0, 0.05) is 16.4 Å². The highest BCUT2D eigenvalue weighted by atomic mass is 35.5. The van der Waals surface area contributed by atoms with Gasteiger partial charge in [0.2, 0.25) is 0 Å². The SMILES string of the molecule is CCOC(=O)c1c(NCc2ccc(Cl)cc2)sc2c1CCC2. The molecule has 0 amide bonds. The lowest BCUT2D eigenvalue weighted by atomic mass is 10.1. The van der Waals surface area contributed by atoms with E-state index in [0.717, 1.165) is 40.4 Å². The maximum absolute atomic E-state index is 12.3. The molecular weight excluding hydrogens is 318 g/mol. The van der Waals surface area contributed by atoms with Crippen LogP contribution in [0.5, 0.6) is 0 Å². The van der Waals surface area contributed by atoms with Gasteiger partial charge in [-0.2, -0.15) is 0 Å². The summed E-state index contributed by atoms with van der Waals surface area (Å²) in [6, 6.07) is 7.72. The molecule has 1 N–H and O–H groups in total. The van der Waals surface area contributed by atoms with Crippen molar-refractivity contribution in [3.8, 4) is 0 Å². The zero-order valence-electron chi connectivity index (χ0n) is 12.4. The van der Waals surface area contributed by atoms with E-state index >= 15 is 0 Å². The first-order valence-electron chi connectivity index (χ1n) is 7.49. The smallest absolute Gasteiger partial charge is 0.341 e. The Hall–Kier alpha value is -1.52. The molecule has 0 bridgehead atoms. The van der Waals surface area contributed by atoms with Gasteiger partial charge in [-0.3, -0.25) is 0 Å². The average Bonchev–Trinajstić information content (AvgIpc) is 3.07. The Morgan fingerprint density at radius 3 is 2.82 bits per heavy atom. The molecule has 1 aromatic carbocycles. The zero-order valence-corrected chi connectivity index (χ0v) is 14.0. The summed E-state index contributed by atoms with van der Waals surface area (Å²) in [4.78, 5) is 13.6. The molecule has 1 aliphatic carbocycles. The minimum Gasteiger partial charge on any atom is -0.462 e. The largest absolute Gasteiger partial charge is 0.462 e. The van der Waals surface area contributed by atoms with Crippen molar-refractivity contribution < 1.29 is 9.53 Å². The molecule has 1 aromatic heterocycles. The Bertz CT molecular complexity index is 679. The van der Waals surface area contributed by atoms with Crippen LogP contribution in [0, 0.1) is 0 Å². The van der Waals surface area contributed by atoms with Gasteiger partial charge in [0.25, 0.3) is 0 Å². The van der Waals surface area contributed by atoms with Crippen LogP contribution in [-0.2, 0) is 24.1 Å². The molecule has 0 aliphatic heterocycles. The highest BCUT2D eigenvalue weighted by molar-refractivity contribution is 7.16. The summed E-state index contributed by atoms with van der Waals surface area (Å²) in [5, 5.41) is 5.05. The number of nitrogens with one attached hydrogen (secondary N) is 1. The van der Waals surface area contributed by atoms with Crippen molar-refractivity contribution in [2.75, 3.05) is 11.9 Å². The number of hydrogen-bond donors (Lipinski definition) is 1. The summed E-state index contributed by atoms with van der Waals surface area (Å²) >= 11 is 7.59. The number of ether oxygens (including phenoxy) is 1. The van der Waals surface area contributed by atoms with Crippen molar-refractivity contribution >= 4 is 33.9 Å². The molecule has 0 saturated heterocycles. The van der Waals surface area contributed by atoms with E-state index < -0.39 is 0 Å². The number of esters is 1. The van der Waals surface area contributed by atoms with Crippen LogP contribution in [0.1, 0.15) is 39.7 Å². The standard InChI is InChI=1S/C17H18ClNO2S/c1-2-21-17(20)15-13-4-3-5-14(13)22-16(15)19-10-11-6-8-12(18)9-7-11/h6-9,19H,2-5,10H2,1H3. The molecule has 0 atom stereocenters. The first kappa shape index (κ1) is 15.4. The van der Waals surface area contributed by atoms with Crippen LogP contribution in [0.2, 0.25) is 5.02 Å². The first-order valence-corrected chi connectivity index (χ1v) is 8.68. The van der Waals surface area contributed by atoms with Crippen LogP contribution in [0.4, 0.5) is 5.00 Å². The number of halogens is 1. The predicted octanol–water partition coefficient (Wildman–Crippen LogP) is 4.68. The molecule has 22 heavy (non-hydrogen) atoms. The summed E-state index contributed by atoms with van der Waals surface area (Å²) in [6.07, 6.45) is 3.17. The van der Waals surface area contributed by atoms with E-state index in [1.807, 2.05) is 31.2 Å². The second-order valence-electron chi connectivity index (χ2n) is 5.26. The third-order valence-corrected chi connectivity index (χ3v) is 5.27. The van der Waals surface area contributed by atoms with Gasteiger partial charge in [0.1, 0.15) is 5.00 Å². The fourth-order valence-corrected chi connectivity index (χ4v) is 4.13. The van der Waals surface area contributed by atoms with Crippen molar-refractivity contribution in [3.05, 3.63) is 50.9 Å². The summed E-state index contributed by atoms with van der Waals surface area (Å²) < 4.78 is 5.23. The number of rotatable bonds is 5. The molecule has 1 aliphatic rings. The molecular formula is C17H18ClNO2S. The molecule has 2 aromatic rings. The van der Waals surface area contributed by atoms with E-state index in [-0.39, 0.29) is 5.97 Å². The highest BCUT2D eigenvalue weighted by Crippen LogP contribution is 2.39. The lowest BCUT2D eigenvalue weighted by Gasteiger charge is -2.09. The van der Waals surface area contributed by atoms with Gasteiger partial charge < -0.3 is 10.1 Å². The predicted molar refractivity (Wildman–Crippen MR) is 91.1 cm³/mol. The minimum absolute atomic E-state index is 0.208. The van der Waals surface area contributed by atoms with Crippen molar-refractivity contribution in [2.45, 2.75) is 32.7 Å². The van der Waals surface area contributed by atoms with Crippen LogP contribution in [0.15, 0.2) is 24.3 Å². The molecule has 3 rings (SSSR count). The molecule has 3 nitrogen and oxygen atoms in total. The average molecular weight is 336 g/mol. The Balaban J connectivity index is 1.81. The first-order chi connectivity index (χ1) is 10.7. The molecule has 116 valence electrons. The summed E-state index contributed by atoms with van der Waals surface area (Å²) in [6.45, 7) is 2.91. The van der Waals surface area contributed by atoms with Crippen LogP contribution in [0.3, 0.4) is 0 Å². The molecule has 0 saturated carbocycles. The van der Waals surface area contributed by atoms with E-state index in [1.165, 1.54) is 10.4 Å². The number of fused-ring (bicyclic) bond motifs is 1. The van der Waals surface area contributed by atoms with Crippen molar-refractivity contribution in [2.24, 2.45) is 0 Å². The topological polar surface area (TPSA) is 38.3 Å². The maximum atomic E-state index is 12.3. The quantitative estimate of drug-likeness (QED) is 0.806. The molecule has 0 spiro atoms. The van der Waals surface area contributed by atoms with Crippen molar-refractivity contribution in [1.82, 2.24) is 0 Å². The lowest BCUT2D eigenvalue weighted by Crippen LogP contribution is -2.09. The van der Waals surface area contributed by atoms with Crippen LogP contribution >= 0.6 is 22.9 Å². The van der Waals surface area contributed by atoms with E-state index in [1.54, 1.807) is 11.3 Å². The normalized spacial score (nSPS) is 13.0. The number of carbonyl (C=O) groups is 1. The third-order valence-electron chi connectivity index (χ3n) is 3.77. The number of carbonyl (C=O) groups excluding carboxylic acids is 1.